The van der Waals surface area contributed by atoms with E-state index in [1.807, 2.05) is 31.2 Å². The van der Waals surface area contributed by atoms with E-state index in [1.165, 1.54) is 0 Å². The molecule has 0 aromatic heterocycles. The molecule has 172 valence electrons. The molecule has 1 fully saturated rings. The van der Waals surface area contributed by atoms with Gasteiger partial charge in [-0.25, -0.2) is 0 Å². The number of carbonyl (C=O) groups is 2. The molecule has 2 amide bonds. The van der Waals surface area contributed by atoms with Crippen LogP contribution in [0.15, 0.2) is 48.5 Å². The van der Waals surface area contributed by atoms with Crippen LogP contribution in [0.2, 0.25) is 0 Å². The molecule has 32 heavy (non-hydrogen) atoms. The third-order valence-corrected chi connectivity index (χ3v) is 5.32. The molecular formula is C24H31N3O5. The van der Waals surface area contributed by atoms with Crippen LogP contribution in [0.1, 0.15) is 28.9 Å². The molecule has 1 aliphatic rings. The van der Waals surface area contributed by atoms with Crippen molar-refractivity contribution in [3.05, 3.63) is 59.7 Å². The first-order valence-electron chi connectivity index (χ1n) is 10.8. The number of morpholine rings is 1. The third-order valence-electron chi connectivity index (χ3n) is 5.32. The largest absolute Gasteiger partial charge is 0.497 e. The van der Waals surface area contributed by atoms with Crippen LogP contribution in [-0.4, -0.2) is 69.8 Å². The van der Waals surface area contributed by atoms with Crippen LogP contribution in [0.4, 0.5) is 0 Å². The zero-order valence-electron chi connectivity index (χ0n) is 18.6. The summed E-state index contributed by atoms with van der Waals surface area (Å²) in [6.45, 7) is 5.53. The fourth-order valence-electron chi connectivity index (χ4n) is 3.64. The molecule has 0 aliphatic carbocycles. The quantitative estimate of drug-likeness (QED) is 0.586. The molecule has 2 aromatic rings. The maximum Gasteiger partial charge on any atom is 0.255 e. The van der Waals surface area contributed by atoms with Gasteiger partial charge in [0, 0.05) is 19.6 Å². The van der Waals surface area contributed by atoms with Gasteiger partial charge in [0.15, 0.2) is 0 Å². The number of amides is 2. The van der Waals surface area contributed by atoms with Gasteiger partial charge in [-0.1, -0.05) is 24.3 Å². The van der Waals surface area contributed by atoms with Crippen molar-refractivity contribution in [2.45, 2.75) is 13.0 Å². The van der Waals surface area contributed by atoms with Crippen molar-refractivity contribution in [2.24, 2.45) is 0 Å². The van der Waals surface area contributed by atoms with Gasteiger partial charge in [0.05, 0.1) is 45.1 Å². The van der Waals surface area contributed by atoms with Gasteiger partial charge in [-0.2, -0.15) is 0 Å². The molecular weight excluding hydrogens is 410 g/mol. The second-order valence-electron chi connectivity index (χ2n) is 7.35. The van der Waals surface area contributed by atoms with Crippen LogP contribution in [0, 0.1) is 0 Å². The lowest BCUT2D eigenvalue weighted by Gasteiger charge is -2.35. The molecule has 0 spiro atoms. The predicted octanol–water partition coefficient (Wildman–Crippen LogP) is 2.01. The van der Waals surface area contributed by atoms with E-state index in [2.05, 4.69) is 15.5 Å². The molecule has 8 nitrogen and oxygen atoms in total. The Hall–Kier alpha value is -3.10. The van der Waals surface area contributed by atoms with E-state index in [-0.39, 0.29) is 24.4 Å². The molecule has 1 atom stereocenters. The van der Waals surface area contributed by atoms with Gasteiger partial charge in [-0.15, -0.1) is 0 Å². The van der Waals surface area contributed by atoms with Crippen molar-refractivity contribution in [1.82, 2.24) is 15.5 Å². The minimum absolute atomic E-state index is 0.00291. The third kappa shape index (κ3) is 6.45. The van der Waals surface area contributed by atoms with Gasteiger partial charge in [0.25, 0.3) is 5.91 Å². The van der Waals surface area contributed by atoms with Crippen LogP contribution in [0.3, 0.4) is 0 Å². The summed E-state index contributed by atoms with van der Waals surface area (Å²) in [5.41, 5.74) is 1.49. The summed E-state index contributed by atoms with van der Waals surface area (Å²) in [6.07, 6.45) is 0. The lowest BCUT2D eigenvalue weighted by Crippen LogP contribution is -2.45. The summed E-state index contributed by atoms with van der Waals surface area (Å²) in [7, 11) is 1.63. The number of ether oxygens (including phenoxy) is 3. The number of hydrogen-bond acceptors (Lipinski definition) is 6. The van der Waals surface area contributed by atoms with E-state index in [9.17, 15) is 9.59 Å². The van der Waals surface area contributed by atoms with Gasteiger partial charge in [-0.3, -0.25) is 14.5 Å². The fraction of sp³-hybridized carbons (Fsp3) is 0.417. The number of nitrogens with one attached hydrogen (secondary N) is 2. The Balaban J connectivity index is 1.58. The van der Waals surface area contributed by atoms with E-state index in [0.29, 0.717) is 37.7 Å². The lowest BCUT2D eigenvalue weighted by molar-refractivity contribution is -0.120. The Bertz CT molecular complexity index is 881. The summed E-state index contributed by atoms with van der Waals surface area (Å²) in [6, 6.07) is 14.8. The summed E-state index contributed by atoms with van der Waals surface area (Å²) in [5.74, 6) is 0.691. The molecule has 3 rings (SSSR count). The SMILES string of the molecule is CCOc1ccccc1C(=O)NCC(=O)NC[C@@H](c1ccc(OC)cc1)N1CCOCC1. The van der Waals surface area contributed by atoms with Gasteiger partial charge in [-0.05, 0) is 36.8 Å². The molecule has 0 bridgehead atoms. The highest BCUT2D eigenvalue weighted by atomic mass is 16.5. The fourth-order valence-corrected chi connectivity index (χ4v) is 3.64. The van der Waals surface area contributed by atoms with Crippen molar-refractivity contribution >= 4 is 11.8 Å². The first-order valence-corrected chi connectivity index (χ1v) is 10.8. The minimum atomic E-state index is -0.343. The van der Waals surface area contributed by atoms with Gasteiger partial charge < -0.3 is 24.8 Å². The molecule has 2 N–H and O–H groups in total. The number of benzene rings is 2. The van der Waals surface area contributed by atoms with Gasteiger partial charge >= 0.3 is 0 Å². The Labute approximate surface area is 188 Å². The number of para-hydroxylation sites is 1. The standard InChI is InChI=1S/C24H31N3O5/c1-3-32-22-7-5-4-6-20(22)24(29)26-17-23(28)25-16-21(27-12-14-31-15-13-27)18-8-10-19(30-2)11-9-18/h4-11,21H,3,12-17H2,1-2H3,(H,25,28)(H,26,29)/t21-/m0/s1. The Morgan fingerprint density at radius 1 is 1.06 bits per heavy atom. The highest BCUT2D eigenvalue weighted by Gasteiger charge is 2.23. The molecule has 0 radical (unpaired) electrons. The average molecular weight is 442 g/mol. The Morgan fingerprint density at radius 2 is 1.78 bits per heavy atom. The number of methoxy groups -OCH3 is 1. The van der Waals surface area contributed by atoms with E-state index in [0.717, 1.165) is 24.4 Å². The minimum Gasteiger partial charge on any atom is -0.497 e. The van der Waals surface area contributed by atoms with Crippen molar-refractivity contribution in [3.8, 4) is 11.5 Å². The number of carbonyl (C=O) groups excluding carboxylic acids is 2. The van der Waals surface area contributed by atoms with Crippen LogP contribution < -0.4 is 20.1 Å². The monoisotopic (exact) mass is 441 g/mol. The second-order valence-corrected chi connectivity index (χ2v) is 7.35. The van der Waals surface area contributed by atoms with Crippen molar-refractivity contribution in [1.29, 1.82) is 0 Å². The molecule has 1 saturated heterocycles. The summed E-state index contributed by atoms with van der Waals surface area (Å²) < 4.78 is 16.2. The smallest absolute Gasteiger partial charge is 0.255 e. The molecule has 0 saturated carbocycles. The first kappa shape index (κ1) is 23.6. The van der Waals surface area contributed by atoms with Gasteiger partial charge in [0.1, 0.15) is 11.5 Å². The summed E-state index contributed by atoms with van der Waals surface area (Å²) >= 11 is 0. The molecule has 8 heteroatoms. The van der Waals surface area contributed by atoms with E-state index < -0.39 is 0 Å². The average Bonchev–Trinajstić information content (AvgIpc) is 2.84. The normalized spacial score (nSPS) is 14.9. The molecule has 0 unspecified atom stereocenters. The topological polar surface area (TPSA) is 89.1 Å². The van der Waals surface area contributed by atoms with E-state index in [1.54, 1.807) is 31.4 Å². The highest BCUT2D eigenvalue weighted by Crippen LogP contribution is 2.23. The molecule has 2 aromatic carbocycles. The Morgan fingerprint density at radius 3 is 2.47 bits per heavy atom. The number of hydrogen-bond donors (Lipinski definition) is 2. The maximum absolute atomic E-state index is 12.5. The van der Waals surface area contributed by atoms with Crippen molar-refractivity contribution in [2.75, 3.05) is 53.1 Å². The van der Waals surface area contributed by atoms with Crippen LogP contribution in [-0.2, 0) is 9.53 Å². The Kier molecular flexibility index (Phi) is 8.89. The van der Waals surface area contributed by atoms with Crippen LogP contribution in [0.5, 0.6) is 11.5 Å². The van der Waals surface area contributed by atoms with E-state index >= 15 is 0 Å². The van der Waals surface area contributed by atoms with Crippen LogP contribution in [0.25, 0.3) is 0 Å². The van der Waals surface area contributed by atoms with Crippen LogP contribution >= 0.6 is 0 Å². The highest BCUT2D eigenvalue weighted by molar-refractivity contribution is 5.98. The molecule has 1 heterocycles. The molecule has 1 aliphatic heterocycles. The lowest BCUT2D eigenvalue weighted by atomic mass is 10.0. The van der Waals surface area contributed by atoms with Crippen molar-refractivity contribution < 1.29 is 23.8 Å². The zero-order valence-corrected chi connectivity index (χ0v) is 18.6. The summed E-state index contributed by atoms with van der Waals surface area (Å²) in [4.78, 5) is 27.3. The zero-order chi connectivity index (χ0) is 22.8. The number of rotatable bonds is 10. The maximum atomic E-state index is 12.5. The van der Waals surface area contributed by atoms with E-state index in [4.69, 9.17) is 14.2 Å². The van der Waals surface area contributed by atoms with Gasteiger partial charge in [0.2, 0.25) is 5.91 Å². The predicted molar refractivity (Wildman–Crippen MR) is 121 cm³/mol. The van der Waals surface area contributed by atoms with Crippen molar-refractivity contribution in [3.63, 3.8) is 0 Å². The second kappa shape index (κ2) is 12.1. The number of nitrogens with zero attached hydrogens (tertiary/aromatic N) is 1. The first-order chi connectivity index (χ1) is 15.6. The summed E-state index contributed by atoms with van der Waals surface area (Å²) in [5, 5.41) is 5.63.